The van der Waals surface area contributed by atoms with E-state index in [0.29, 0.717) is 5.57 Å². The van der Waals surface area contributed by atoms with Crippen molar-refractivity contribution in [2.75, 3.05) is 24.6 Å². The van der Waals surface area contributed by atoms with E-state index in [4.69, 9.17) is 9.84 Å². The molecule has 1 aliphatic heterocycles. The number of rotatable bonds is 6. The smallest absolute Gasteiger partial charge is 0.335 e. The molecule has 0 aromatic heterocycles. The summed E-state index contributed by atoms with van der Waals surface area (Å²) in [6.45, 7) is 6.50. The number of hydrogen-bond donors (Lipinski definition) is 1. The molecule has 2 rings (SSSR count). The highest BCUT2D eigenvalue weighted by molar-refractivity contribution is 5.93. The molecule has 4 heteroatoms. The highest BCUT2D eigenvalue weighted by atomic mass is 16.5. The maximum atomic E-state index is 11.0. The lowest BCUT2D eigenvalue weighted by molar-refractivity contribution is -0.132. The van der Waals surface area contributed by atoms with E-state index in [9.17, 15) is 4.79 Å². The van der Waals surface area contributed by atoms with Crippen molar-refractivity contribution in [3.8, 4) is 5.75 Å². The minimum absolute atomic E-state index is 0.132. The molecule has 1 aromatic rings. The molecule has 1 heterocycles. The lowest BCUT2D eigenvalue weighted by Gasteiger charge is -2.25. The number of benzene rings is 1. The minimum Gasteiger partial charge on any atom is -0.488 e. The Hall–Kier alpha value is -1.97. The molecule has 20 heavy (non-hydrogen) atoms. The van der Waals surface area contributed by atoms with E-state index in [1.165, 1.54) is 0 Å². The molecule has 1 N–H and O–H groups in total. The van der Waals surface area contributed by atoms with Crippen LogP contribution >= 0.6 is 0 Å². The predicted molar refractivity (Wildman–Crippen MR) is 80.3 cm³/mol. The van der Waals surface area contributed by atoms with E-state index in [1.807, 2.05) is 18.2 Å². The van der Waals surface area contributed by atoms with Gasteiger partial charge in [0.25, 0.3) is 0 Å². The molecule has 4 nitrogen and oxygen atoms in total. The fourth-order valence-corrected chi connectivity index (χ4v) is 2.38. The SMILES string of the molecule is CCCN(CCC)c1ccc2c(c1)OCC(C(=O)O)=C2. The van der Waals surface area contributed by atoms with Crippen LogP contribution in [0.5, 0.6) is 5.75 Å². The summed E-state index contributed by atoms with van der Waals surface area (Å²) in [5.41, 5.74) is 2.27. The number of ether oxygens (including phenoxy) is 1. The van der Waals surface area contributed by atoms with Crippen LogP contribution in [0.4, 0.5) is 5.69 Å². The first kappa shape index (κ1) is 14.4. The molecule has 0 atom stereocenters. The molecule has 0 unspecified atom stereocenters. The van der Waals surface area contributed by atoms with Gasteiger partial charge < -0.3 is 14.7 Å². The molecule has 0 radical (unpaired) electrons. The molecule has 0 amide bonds. The largest absolute Gasteiger partial charge is 0.488 e. The fourth-order valence-electron chi connectivity index (χ4n) is 2.38. The fraction of sp³-hybridized carbons (Fsp3) is 0.438. The molecule has 1 aromatic carbocycles. The normalized spacial score (nSPS) is 13.2. The molecule has 108 valence electrons. The van der Waals surface area contributed by atoms with E-state index in [-0.39, 0.29) is 6.61 Å². The molecule has 1 aliphatic rings. The van der Waals surface area contributed by atoms with Gasteiger partial charge in [0.15, 0.2) is 0 Å². The van der Waals surface area contributed by atoms with Gasteiger partial charge in [0.05, 0.1) is 5.57 Å². The molecule has 0 fully saturated rings. The van der Waals surface area contributed by atoms with Crippen molar-refractivity contribution in [1.29, 1.82) is 0 Å². The van der Waals surface area contributed by atoms with Crippen molar-refractivity contribution in [2.24, 2.45) is 0 Å². The number of nitrogens with zero attached hydrogens (tertiary/aromatic N) is 1. The van der Waals surface area contributed by atoms with Gasteiger partial charge in [0.1, 0.15) is 12.4 Å². The summed E-state index contributed by atoms with van der Waals surface area (Å²) in [4.78, 5) is 13.3. The second-order valence-corrected chi connectivity index (χ2v) is 4.97. The monoisotopic (exact) mass is 275 g/mol. The van der Waals surface area contributed by atoms with Gasteiger partial charge in [0.2, 0.25) is 0 Å². The summed E-state index contributed by atoms with van der Waals surface area (Å²) >= 11 is 0. The van der Waals surface area contributed by atoms with Crippen molar-refractivity contribution in [3.05, 3.63) is 29.3 Å². The van der Waals surface area contributed by atoms with Crippen molar-refractivity contribution in [3.63, 3.8) is 0 Å². The number of hydrogen-bond acceptors (Lipinski definition) is 3. The number of carboxylic acid groups (broad SMARTS) is 1. The second kappa shape index (κ2) is 6.46. The molecule has 0 saturated heterocycles. The Balaban J connectivity index is 2.26. The first-order chi connectivity index (χ1) is 9.65. The van der Waals surface area contributed by atoms with Crippen molar-refractivity contribution >= 4 is 17.7 Å². The van der Waals surface area contributed by atoms with Crippen LogP contribution in [0.2, 0.25) is 0 Å². The highest BCUT2D eigenvalue weighted by Crippen LogP contribution is 2.31. The molecule has 0 bridgehead atoms. The number of carboxylic acids is 1. The Labute approximate surface area is 119 Å². The van der Waals surface area contributed by atoms with Gasteiger partial charge in [-0.2, -0.15) is 0 Å². The van der Waals surface area contributed by atoms with Gasteiger partial charge in [-0.3, -0.25) is 0 Å². The van der Waals surface area contributed by atoms with Crippen LogP contribution in [-0.4, -0.2) is 30.8 Å². The Morgan fingerprint density at radius 1 is 1.30 bits per heavy atom. The Bertz CT molecular complexity index is 516. The third-order valence-electron chi connectivity index (χ3n) is 3.34. The number of carbonyl (C=O) groups is 1. The molecular formula is C16H21NO3. The van der Waals surface area contributed by atoms with Crippen LogP contribution < -0.4 is 9.64 Å². The summed E-state index contributed by atoms with van der Waals surface area (Å²) in [7, 11) is 0. The van der Waals surface area contributed by atoms with Crippen LogP contribution in [-0.2, 0) is 4.79 Å². The zero-order chi connectivity index (χ0) is 14.5. The number of aliphatic carboxylic acids is 1. The van der Waals surface area contributed by atoms with Crippen molar-refractivity contribution in [2.45, 2.75) is 26.7 Å². The van der Waals surface area contributed by atoms with Gasteiger partial charge in [0, 0.05) is 30.4 Å². The van der Waals surface area contributed by atoms with Crippen LogP contribution in [0.25, 0.3) is 6.08 Å². The van der Waals surface area contributed by atoms with E-state index in [1.54, 1.807) is 6.08 Å². The molecule has 0 saturated carbocycles. The highest BCUT2D eigenvalue weighted by Gasteiger charge is 2.17. The lowest BCUT2D eigenvalue weighted by atomic mass is 10.1. The quantitative estimate of drug-likeness (QED) is 0.866. The maximum Gasteiger partial charge on any atom is 0.335 e. The van der Waals surface area contributed by atoms with E-state index < -0.39 is 5.97 Å². The van der Waals surface area contributed by atoms with E-state index >= 15 is 0 Å². The van der Waals surface area contributed by atoms with Gasteiger partial charge in [-0.15, -0.1) is 0 Å². The van der Waals surface area contributed by atoms with Gasteiger partial charge in [-0.25, -0.2) is 4.79 Å². The summed E-state index contributed by atoms with van der Waals surface area (Å²) in [6, 6.07) is 5.98. The maximum absolute atomic E-state index is 11.0. The van der Waals surface area contributed by atoms with Gasteiger partial charge in [-0.05, 0) is 31.1 Å². The second-order valence-electron chi connectivity index (χ2n) is 4.97. The zero-order valence-corrected chi connectivity index (χ0v) is 12.1. The van der Waals surface area contributed by atoms with Crippen LogP contribution in [0.1, 0.15) is 32.3 Å². The summed E-state index contributed by atoms with van der Waals surface area (Å²) in [6.07, 6.45) is 3.89. The summed E-state index contributed by atoms with van der Waals surface area (Å²) < 4.78 is 5.57. The van der Waals surface area contributed by atoms with Crippen molar-refractivity contribution in [1.82, 2.24) is 0 Å². The number of anilines is 1. The summed E-state index contributed by atoms with van der Waals surface area (Å²) in [5.74, 6) is -0.150. The summed E-state index contributed by atoms with van der Waals surface area (Å²) in [5, 5.41) is 8.99. The first-order valence-corrected chi connectivity index (χ1v) is 7.11. The zero-order valence-electron chi connectivity index (χ0n) is 12.1. The predicted octanol–water partition coefficient (Wildman–Crippen LogP) is 3.17. The van der Waals surface area contributed by atoms with Crippen molar-refractivity contribution < 1.29 is 14.6 Å². The Morgan fingerprint density at radius 2 is 2.00 bits per heavy atom. The molecule has 0 spiro atoms. The van der Waals surface area contributed by atoms with Crippen LogP contribution in [0.3, 0.4) is 0 Å². The molecular weight excluding hydrogens is 254 g/mol. The minimum atomic E-state index is -0.918. The Morgan fingerprint density at radius 3 is 2.60 bits per heavy atom. The third-order valence-corrected chi connectivity index (χ3v) is 3.34. The topological polar surface area (TPSA) is 49.8 Å². The van der Waals surface area contributed by atoms with Crippen LogP contribution in [0, 0.1) is 0 Å². The van der Waals surface area contributed by atoms with E-state index in [2.05, 4.69) is 18.7 Å². The van der Waals surface area contributed by atoms with Gasteiger partial charge in [-0.1, -0.05) is 13.8 Å². The molecule has 0 aliphatic carbocycles. The average molecular weight is 275 g/mol. The van der Waals surface area contributed by atoms with Crippen LogP contribution in [0.15, 0.2) is 23.8 Å². The average Bonchev–Trinajstić information content (AvgIpc) is 2.46. The first-order valence-electron chi connectivity index (χ1n) is 7.11. The van der Waals surface area contributed by atoms with Gasteiger partial charge >= 0.3 is 5.97 Å². The van der Waals surface area contributed by atoms with E-state index in [0.717, 1.165) is 42.9 Å². The lowest BCUT2D eigenvalue weighted by Crippen LogP contribution is -2.25. The standard InChI is InChI=1S/C16H21NO3/c1-3-7-17(8-4-2)14-6-5-12-9-13(16(18)19)11-20-15(12)10-14/h5-6,9-10H,3-4,7-8,11H2,1-2H3,(H,18,19). The Kier molecular flexibility index (Phi) is 4.66. The third kappa shape index (κ3) is 3.13. The number of fused-ring (bicyclic) bond motifs is 1.